The second-order valence-electron chi connectivity index (χ2n) is 5.42. The van der Waals surface area contributed by atoms with Crippen molar-refractivity contribution < 1.29 is 24.9 Å². The van der Waals surface area contributed by atoms with Gasteiger partial charge in [-0.15, -0.1) is 0 Å². The van der Waals surface area contributed by atoms with Crippen LogP contribution < -0.4 is 0 Å². The summed E-state index contributed by atoms with van der Waals surface area (Å²) in [5.74, 6) is -2.24. The van der Waals surface area contributed by atoms with Gasteiger partial charge in [0.25, 0.3) is 11.1 Å². The number of halogens is 2. The van der Waals surface area contributed by atoms with Crippen LogP contribution in [0.2, 0.25) is 10.0 Å². The van der Waals surface area contributed by atoms with E-state index in [0.717, 1.165) is 16.7 Å². The predicted octanol–water partition coefficient (Wildman–Crippen LogP) is 4.35. The van der Waals surface area contributed by atoms with Gasteiger partial charge in [-0.05, 0) is 53.2 Å². The Bertz CT molecular complexity index is 937. The lowest BCUT2D eigenvalue weighted by molar-refractivity contribution is -0.123. The van der Waals surface area contributed by atoms with Crippen molar-refractivity contribution in [1.82, 2.24) is 4.90 Å². The molecule has 0 unspecified atom stereocenters. The van der Waals surface area contributed by atoms with Gasteiger partial charge in [-0.2, -0.15) is 0 Å². The molecule has 134 valence electrons. The number of amides is 2. The first kappa shape index (κ1) is 18.4. The Labute approximate surface area is 162 Å². The first-order chi connectivity index (χ1) is 12.3. The smallest absolute Gasteiger partial charge is 0.293 e. The number of aromatic hydroxyl groups is 3. The zero-order valence-electron chi connectivity index (χ0n) is 12.9. The number of phenols is 3. The van der Waals surface area contributed by atoms with Crippen LogP contribution in [0.15, 0.2) is 35.2 Å². The third-order valence-electron chi connectivity index (χ3n) is 3.59. The summed E-state index contributed by atoms with van der Waals surface area (Å²) in [5.41, 5.74) is 0.903. The van der Waals surface area contributed by atoms with Gasteiger partial charge >= 0.3 is 0 Å². The van der Waals surface area contributed by atoms with E-state index in [1.54, 1.807) is 18.2 Å². The zero-order chi connectivity index (χ0) is 19.0. The summed E-state index contributed by atoms with van der Waals surface area (Å²) in [6.07, 6.45) is 1.35. The monoisotopic (exact) mass is 411 g/mol. The first-order valence-electron chi connectivity index (χ1n) is 7.20. The van der Waals surface area contributed by atoms with Gasteiger partial charge in [0.05, 0.1) is 21.5 Å². The fourth-order valence-corrected chi connectivity index (χ4v) is 3.48. The third kappa shape index (κ3) is 3.60. The molecule has 1 aliphatic rings. The molecule has 1 saturated heterocycles. The molecule has 3 N–H and O–H groups in total. The molecule has 1 heterocycles. The Morgan fingerprint density at radius 3 is 2.27 bits per heavy atom. The summed E-state index contributed by atoms with van der Waals surface area (Å²) >= 11 is 12.5. The molecule has 2 aromatic carbocycles. The third-order valence-corrected chi connectivity index (χ3v) is 5.23. The van der Waals surface area contributed by atoms with Crippen molar-refractivity contribution >= 4 is 52.2 Å². The van der Waals surface area contributed by atoms with Crippen molar-refractivity contribution in [1.29, 1.82) is 0 Å². The van der Waals surface area contributed by atoms with Gasteiger partial charge in [-0.25, -0.2) is 0 Å². The lowest BCUT2D eigenvalue weighted by atomic mass is 10.1. The molecule has 0 bridgehead atoms. The molecule has 0 radical (unpaired) electrons. The van der Waals surface area contributed by atoms with Gasteiger partial charge in [0.1, 0.15) is 0 Å². The molecule has 0 saturated carbocycles. The summed E-state index contributed by atoms with van der Waals surface area (Å²) in [4.78, 5) is 25.8. The Kier molecular flexibility index (Phi) is 5.04. The van der Waals surface area contributed by atoms with Crippen LogP contribution in [-0.2, 0) is 11.3 Å². The number of hydrogen-bond acceptors (Lipinski definition) is 6. The molecule has 6 nitrogen and oxygen atoms in total. The predicted molar refractivity (Wildman–Crippen MR) is 99.4 cm³/mol. The first-order valence-corrected chi connectivity index (χ1v) is 8.77. The van der Waals surface area contributed by atoms with Crippen molar-refractivity contribution in [3.8, 4) is 17.2 Å². The zero-order valence-corrected chi connectivity index (χ0v) is 15.3. The van der Waals surface area contributed by atoms with E-state index in [9.17, 15) is 24.9 Å². The van der Waals surface area contributed by atoms with Crippen LogP contribution in [0.1, 0.15) is 11.1 Å². The van der Waals surface area contributed by atoms with Crippen LogP contribution in [-0.4, -0.2) is 31.4 Å². The fraction of sp³-hybridized carbons (Fsp3) is 0.0588. The summed E-state index contributed by atoms with van der Waals surface area (Å²) in [7, 11) is 0. The highest BCUT2D eigenvalue weighted by molar-refractivity contribution is 8.18. The molecule has 0 aromatic heterocycles. The number of hydrogen-bond donors (Lipinski definition) is 3. The molecule has 9 heteroatoms. The van der Waals surface area contributed by atoms with E-state index >= 15 is 0 Å². The van der Waals surface area contributed by atoms with Crippen LogP contribution in [0.4, 0.5) is 4.79 Å². The standard InChI is InChI=1S/C17H11Cl2NO5S/c18-10-2-1-8(3-11(10)19)7-20-16(24)14(26-17(20)25)6-9-4-12(21)15(23)13(22)5-9/h1-6,21-23H,7H2/b14-6+. The average molecular weight is 412 g/mol. The van der Waals surface area contributed by atoms with Gasteiger partial charge in [0.15, 0.2) is 17.2 Å². The fourth-order valence-electron chi connectivity index (χ4n) is 2.32. The molecule has 26 heavy (non-hydrogen) atoms. The maximum Gasteiger partial charge on any atom is 0.293 e. The van der Waals surface area contributed by atoms with E-state index in [2.05, 4.69) is 0 Å². The van der Waals surface area contributed by atoms with Crippen LogP contribution in [0, 0.1) is 0 Å². The van der Waals surface area contributed by atoms with Crippen LogP contribution in [0.25, 0.3) is 6.08 Å². The summed E-state index contributed by atoms with van der Waals surface area (Å²) in [6, 6.07) is 7.16. The molecule has 2 aromatic rings. The van der Waals surface area contributed by atoms with Crippen molar-refractivity contribution in [2.24, 2.45) is 0 Å². The summed E-state index contributed by atoms with van der Waals surface area (Å²) < 4.78 is 0. The Morgan fingerprint density at radius 2 is 1.65 bits per heavy atom. The largest absolute Gasteiger partial charge is 0.504 e. The van der Waals surface area contributed by atoms with Crippen LogP contribution >= 0.6 is 35.0 Å². The molecule has 3 rings (SSSR count). The maximum absolute atomic E-state index is 12.5. The SMILES string of the molecule is O=C1S/C(=C/c2cc(O)c(O)c(O)c2)C(=O)N1Cc1ccc(Cl)c(Cl)c1. The summed E-state index contributed by atoms with van der Waals surface area (Å²) in [5, 5.41) is 28.7. The highest BCUT2D eigenvalue weighted by atomic mass is 35.5. The number of carbonyl (C=O) groups is 2. The molecule has 0 aliphatic carbocycles. The minimum absolute atomic E-state index is 0.0327. The van der Waals surface area contributed by atoms with Crippen molar-refractivity contribution in [2.45, 2.75) is 6.54 Å². The second-order valence-corrected chi connectivity index (χ2v) is 7.23. The van der Waals surface area contributed by atoms with Crippen LogP contribution in [0.3, 0.4) is 0 Å². The number of rotatable bonds is 3. The summed E-state index contributed by atoms with van der Waals surface area (Å²) in [6.45, 7) is 0.0327. The van der Waals surface area contributed by atoms with Gasteiger partial charge < -0.3 is 15.3 Å². The highest BCUT2D eigenvalue weighted by Gasteiger charge is 2.35. The topological polar surface area (TPSA) is 98.1 Å². The molecule has 2 amide bonds. The molecule has 0 atom stereocenters. The molecular formula is C17H11Cl2NO5S. The average Bonchev–Trinajstić information content (AvgIpc) is 2.83. The molecule has 1 fully saturated rings. The second kappa shape index (κ2) is 7.11. The minimum Gasteiger partial charge on any atom is -0.504 e. The van der Waals surface area contributed by atoms with E-state index in [0.29, 0.717) is 15.6 Å². The number of nitrogens with zero attached hydrogens (tertiary/aromatic N) is 1. The van der Waals surface area contributed by atoms with Crippen molar-refractivity contribution in [3.63, 3.8) is 0 Å². The Morgan fingerprint density at radius 1 is 1.00 bits per heavy atom. The maximum atomic E-state index is 12.5. The molecule has 0 spiro atoms. The number of phenolic OH excluding ortho intramolecular Hbond substituents is 3. The highest BCUT2D eigenvalue weighted by Crippen LogP contribution is 2.38. The van der Waals surface area contributed by atoms with E-state index in [1.807, 2.05) is 0 Å². The number of thioether (sulfide) groups is 1. The van der Waals surface area contributed by atoms with E-state index in [4.69, 9.17) is 23.2 Å². The van der Waals surface area contributed by atoms with E-state index < -0.39 is 28.4 Å². The van der Waals surface area contributed by atoms with E-state index in [1.165, 1.54) is 18.2 Å². The molecule has 1 aliphatic heterocycles. The quantitative estimate of drug-likeness (QED) is 0.512. The van der Waals surface area contributed by atoms with Gasteiger partial charge in [-0.1, -0.05) is 29.3 Å². The number of carbonyl (C=O) groups excluding carboxylic acids is 2. The Balaban J connectivity index is 1.85. The lowest BCUT2D eigenvalue weighted by Gasteiger charge is -2.13. The van der Waals surface area contributed by atoms with Gasteiger partial charge in [-0.3, -0.25) is 14.5 Å². The number of imide groups is 1. The van der Waals surface area contributed by atoms with Gasteiger partial charge in [0, 0.05) is 0 Å². The minimum atomic E-state index is -0.658. The van der Waals surface area contributed by atoms with E-state index in [-0.39, 0.29) is 17.0 Å². The number of benzene rings is 2. The van der Waals surface area contributed by atoms with Gasteiger partial charge in [0.2, 0.25) is 0 Å². The van der Waals surface area contributed by atoms with Crippen molar-refractivity contribution in [3.05, 3.63) is 56.4 Å². The lowest BCUT2D eigenvalue weighted by Crippen LogP contribution is -2.27. The Hall–Kier alpha value is -2.35. The normalized spacial score (nSPS) is 15.9. The van der Waals surface area contributed by atoms with Crippen LogP contribution in [0.5, 0.6) is 17.2 Å². The molecular weight excluding hydrogens is 401 g/mol. The van der Waals surface area contributed by atoms with Crippen molar-refractivity contribution in [2.75, 3.05) is 0 Å².